The minimum Gasteiger partial charge on any atom is -0.487 e. The Morgan fingerprint density at radius 1 is 1.50 bits per heavy atom. The van der Waals surface area contributed by atoms with Crippen LogP contribution in [0.4, 0.5) is 0 Å². The molecule has 0 aliphatic heterocycles. The fraction of sp³-hybridized carbons (Fsp3) is 0.615. The standard InChI is InChI=1S/C13H20N2O/c1-10(2)13(9-15-11-5-6-11)16-12-4-3-7-14-8-12/h3-4,7-8,10-11,13,15H,5-6,9H2,1-2H3. The van der Waals surface area contributed by atoms with Gasteiger partial charge in [0.25, 0.3) is 0 Å². The second-order valence-electron chi connectivity index (χ2n) is 4.77. The second-order valence-corrected chi connectivity index (χ2v) is 4.77. The van der Waals surface area contributed by atoms with Gasteiger partial charge in [0.05, 0.1) is 6.20 Å². The quantitative estimate of drug-likeness (QED) is 0.798. The summed E-state index contributed by atoms with van der Waals surface area (Å²) in [4.78, 5) is 4.06. The van der Waals surface area contributed by atoms with Crippen LogP contribution in [0.3, 0.4) is 0 Å². The largest absolute Gasteiger partial charge is 0.487 e. The number of hydrogen-bond donors (Lipinski definition) is 1. The number of nitrogens with zero attached hydrogens (tertiary/aromatic N) is 1. The zero-order valence-electron chi connectivity index (χ0n) is 10.0. The molecule has 1 heterocycles. The van der Waals surface area contributed by atoms with E-state index in [4.69, 9.17) is 4.74 Å². The van der Waals surface area contributed by atoms with Gasteiger partial charge >= 0.3 is 0 Å². The van der Waals surface area contributed by atoms with Crippen LogP contribution in [0.1, 0.15) is 26.7 Å². The van der Waals surface area contributed by atoms with Crippen molar-refractivity contribution in [3.05, 3.63) is 24.5 Å². The molecule has 1 aromatic heterocycles. The van der Waals surface area contributed by atoms with Crippen molar-refractivity contribution < 1.29 is 4.74 Å². The first kappa shape index (κ1) is 11.4. The molecule has 88 valence electrons. The number of ether oxygens (including phenoxy) is 1. The molecular weight excluding hydrogens is 200 g/mol. The first-order valence-corrected chi connectivity index (χ1v) is 6.06. The lowest BCUT2D eigenvalue weighted by molar-refractivity contribution is 0.148. The summed E-state index contributed by atoms with van der Waals surface area (Å²) in [5, 5.41) is 3.51. The normalized spacial score (nSPS) is 17.4. The molecular formula is C13H20N2O. The maximum atomic E-state index is 5.93. The molecule has 1 atom stereocenters. The molecule has 0 bridgehead atoms. The highest BCUT2D eigenvalue weighted by molar-refractivity contribution is 5.16. The Morgan fingerprint density at radius 3 is 2.88 bits per heavy atom. The van der Waals surface area contributed by atoms with Gasteiger partial charge in [-0.3, -0.25) is 4.98 Å². The molecule has 0 radical (unpaired) electrons. The lowest BCUT2D eigenvalue weighted by atomic mass is 10.1. The molecule has 1 N–H and O–H groups in total. The van der Waals surface area contributed by atoms with Crippen LogP contribution < -0.4 is 10.1 Å². The molecule has 1 aromatic rings. The van der Waals surface area contributed by atoms with Crippen molar-refractivity contribution >= 4 is 0 Å². The molecule has 1 aliphatic carbocycles. The third-order valence-electron chi connectivity index (χ3n) is 2.85. The second kappa shape index (κ2) is 5.30. The first-order valence-electron chi connectivity index (χ1n) is 6.06. The SMILES string of the molecule is CC(C)C(CNC1CC1)Oc1cccnc1. The first-order chi connectivity index (χ1) is 7.75. The van der Waals surface area contributed by atoms with Gasteiger partial charge in [0.15, 0.2) is 0 Å². The van der Waals surface area contributed by atoms with Crippen molar-refractivity contribution in [2.24, 2.45) is 5.92 Å². The van der Waals surface area contributed by atoms with Gasteiger partial charge in [-0.2, -0.15) is 0 Å². The van der Waals surface area contributed by atoms with Gasteiger partial charge < -0.3 is 10.1 Å². The molecule has 16 heavy (non-hydrogen) atoms. The van der Waals surface area contributed by atoms with E-state index in [2.05, 4.69) is 24.1 Å². The minimum atomic E-state index is 0.227. The fourth-order valence-corrected chi connectivity index (χ4v) is 1.58. The van der Waals surface area contributed by atoms with Crippen LogP contribution in [-0.2, 0) is 0 Å². The van der Waals surface area contributed by atoms with E-state index in [0.29, 0.717) is 5.92 Å². The minimum absolute atomic E-state index is 0.227. The van der Waals surface area contributed by atoms with Crippen molar-refractivity contribution in [1.82, 2.24) is 10.3 Å². The van der Waals surface area contributed by atoms with Crippen LogP contribution in [-0.4, -0.2) is 23.7 Å². The van der Waals surface area contributed by atoms with Gasteiger partial charge in [-0.15, -0.1) is 0 Å². The number of pyridine rings is 1. The van der Waals surface area contributed by atoms with E-state index in [1.165, 1.54) is 12.8 Å². The third kappa shape index (κ3) is 3.49. The van der Waals surface area contributed by atoms with Crippen molar-refractivity contribution in [3.63, 3.8) is 0 Å². The average Bonchev–Trinajstić information content (AvgIpc) is 3.09. The Hall–Kier alpha value is -1.09. The van der Waals surface area contributed by atoms with E-state index in [1.54, 1.807) is 12.4 Å². The van der Waals surface area contributed by atoms with E-state index in [9.17, 15) is 0 Å². The van der Waals surface area contributed by atoms with Gasteiger partial charge in [0.2, 0.25) is 0 Å². The molecule has 2 rings (SSSR count). The predicted molar refractivity (Wildman–Crippen MR) is 64.5 cm³/mol. The fourth-order valence-electron chi connectivity index (χ4n) is 1.58. The van der Waals surface area contributed by atoms with E-state index >= 15 is 0 Å². The van der Waals surface area contributed by atoms with E-state index in [-0.39, 0.29) is 6.10 Å². The highest BCUT2D eigenvalue weighted by Gasteiger charge is 2.23. The van der Waals surface area contributed by atoms with Crippen LogP contribution in [0.15, 0.2) is 24.5 Å². The molecule has 0 saturated heterocycles. The molecule has 3 heteroatoms. The van der Waals surface area contributed by atoms with Gasteiger partial charge in [-0.1, -0.05) is 13.8 Å². The Kier molecular flexibility index (Phi) is 3.78. The van der Waals surface area contributed by atoms with Crippen molar-refractivity contribution in [2.45, 2.75) is 38.8 Å². The van der Waals surface area contributed by atoms with E-state index in [1.807, 2.05) is 12.1 Å². The van der Waals surface area contributed by atoms with Crippen molar-refractivity contribution in [1.29, 1.82) is 0 Å². The predicted octanol–water partition coefficient (Wildman–Crippen LogP) is 2.24. The topological polar surface area (TPSA) is 34.1 Å². The highest BCUT2D eigenvalue weighted by atomic mass is 16.5. The average molecular weight is 220 g/mol. The summed E-state index contributed by atoms with van der Waals surface area (Å²) in [6.07, 6.45) is 6.39. The van der Waals surface area contributed by atoms with Gasteiger partial charge in [-0.05, 0) is 30.9 Å². The lowest BCUT2D eigenvalue weighted by Gasteiger charge is -2.22. The number of hydrogen-bond acceptors (Lipinski definition) is 3. The van der Waals surface area contributed by atoms with Gasteiger partial charge in [0, 0.05) is 18.8 Å². The van der Waals surface area contributed by atoms with E-state index in [0.717, 1.165) is 18.3 Å². The molecule has 0 spiro atoms. The van der Waals surface area contributed by atoms with E-state index < -0.39 is 0 Å². The Bertz CT molecular complexity index is 309. The van der Waals surface area contributed by atoms with Crippen LogP contribution in [0, 0.1) is 5.92 Å². The van der Waals surface area contributed by atoms with Gasteiger partial charge in [0.1, 0.15) is 11.9 Å². The molecule has 1 unspecified atom stereocenters. The van der Waals surface area contributed by atoms with Gasteiger partial charge in [-0.25, -0.2) is 0 Å². The highest BCUT2D eigenvalue weighted by Crippen LogP contribution is 2.20. The number of rotatable bonds is 6. The maximum absolute atomic E-state index is 5.93. The summed E-state index contributed by atoms with van der Waals surface area (Å²) in [6, 6.07) is 4.60. The maximum Gasteiger partial charge on any atom is 0.138 e. The smallest absolute Gasteiger partial charge is 0.138 e. The van der Waals surface area contributed by atoms with Crippen LogP contribution in [0.25, 0.3) is 0 Å². The number of aromatic nitrogens is 1. The summed E-state index contributed by atoms with van der Waals surface area (Å²) in [6.45, 7) is 5.31. The zero-order valence-corrected chi connectivity index (χ0v) is 10.0. The Morgan fingerprint density at radius 2 is 2.31 bits per heavy atom. The summed E-state index contributed by atoms with van der Waals surface area (Å²) in [5.74, 6) is 1.37. The molecule has 3 nitrogen and oxygen atoms in total. The summed E-state index contributed by atoms with van der Waals surface area (Å²) in [7, 11) is 0. The summed E-state index contributed by atoms with van der Waals surface area (Å²) in [5.41, 5.74) is 0. The lowest BCUT2D eigenvalue weighted by Crippen LogP contribution is -2.36. The molecule has 1 saturated carbocycles. The van der Waals surface area contributed by atoms with Crippen LogP contribution in [0.5, 0.6) is 5.75 Å². The Balaban J connectivity index is 1.86. The van der Waals surface area contributed by atoms with Crippen molar-refractivity contribution in [2.75, 3.05) is 6.54 Å². The molecule has 1 fully saturated rings. The Labute approximate surface area is 97.2 Å². The molecule has 0 aromatic carbocycles. The molecule has 0 amide bonds. The van der Waals surface area contributed by atoms with Crippen molar-refractivity contribution in [3.8, 4) is 5.75 Å². The van der Waals surface area contributed by atoms with Crippen LogP contribution >= 0.6 is 0 Å². The number of nitrogens with one attached hydrogen (secondary N) is 1. The summed E-state index contributed by atoms with van der Waals surface area (Å²) >= 11 is 0. The van der Waals surface area contributed by atoms with Crippen LogP contribution in [0.2, 0.25) is 0 Å². The zero-order chi connectivity index (χ0) is 11.4. The monoisotopic (exact) mass is 220 g/mol. The molecule has 1 aliphatic rings. The third-order valence-corrected chi connectivity index (χ3v) is 2.85. The summed E-state index contributed by atoms with van der Waals surface area (Å²) < 4.78 is 5.93.